The van der Waals surface area contributed by atoms with Gasteiger partial charge in [0.05, 0.1) is 15.7 Å². The van der Waals surface area contributed by atoms with E-state index < -0.39 is 10.2 Å². The summed E-state index contributed by atoms with van der Waals surface area (Å²) in [5, 5.41) is 14.7. The van der Waals surface area contributed by atoms with Crippen molar-refractivity contribution in [2.24, 2.45) is 0 Å². The Kier molecular flexibility index (Phi) is 4.90. The molecule has 0 unspecified atom stereocenters. The van der Waals surface area contributed by atoms with E-state index in [0.29, 0.717) is 10.7 Å². The Hall–Kier alpha value is -3.00. The first-order valence-electron chi connectivity index (χ1n) is 7.46. The van der Waals surface area contributed by atoms with E-state index in [2.05, 4.69) is 15.3 Å². The smallest absolute Gasteiger partial charge is 0.271 e. The van der Waals surface area contributed by atoms with Crippen LogP contribution in [0.15, 0.2) is 59.9 Å². The van der Waals surface area contributed by atoms with E-state index in [1.165, 1.54) is 36.3 Å². The first-order valence-corrected chi connectivity index (χ1v) is 8.34. The lowest BCUT2D eigenvalue weighted by atomic mass is 10.2. The van der Waals surface area contributed by atoms with Crippen molar-refractivity contribution in [1.82, 2.24) is 9.97 Å². The maximum atomic E-state index is 12.4. The van der Waals surface area contributed by atoms with Crippen molar-refractivity contribution >= 4 is 39.9 Å². The molecule has 0 saturated heterocycles. The molecule has 0 saturated carbocycles. The summed E-state index contributed by atoms with van der Waals surface area (Å²) in [5.74, 6) is -0.256. The number of fused-ring (bicyclic) bond motifs is 1. The van der Waals surface area contributed by atoms with Crippen LogP contribution in [-0.4, -0.2) is 26.0 Å². The first kappa shape index (κ1) is 16.8. The molecule has 0 bridgehead atoms. The van der Waals surface area contributed by atoms with Crippen LogP contribution in [0.2, 0.25) is 0 Å². The molecule has 1 aromatic heterocycles. The maximum Gasteiger partial charge on any atom is 0.271 e. The van der Waals surface area contributed by atoms with Crippen molar-refractivity contribution in [1.29, 1.82) is 0 Å². The zero-order valence-corrected chi connectivity index (χ0v) is 14.1. The number of carbonyl (C=O) groups excluding carboxylic acids is 1. The number of hydrogen-bond acceptors (Lipinski definition) is 6. The van der Waals surface area contributed by atoms with Gasteiger partial charge in [-0.3, -0.25) is 14.9 Å². The molecular weight excluding hydrogens is 340 g/mol. The van der Waals surface area contributed by atoms with Crippen LogP contribution in [0.25, 0.3) is 10.9 Å². The molecule has 1 amide bonds. The molecule has 2 aromatic carbocycles. The number of nitrogens with one attached hydrogen (secondary N) is 1. The Bertz CT molecular complexity index is 943. The number of non-ortho nitro benzene ring substituents is 1. The summed E-state index contributed by atoms with van der Waals surface area (Å²) in [6.07, 6.45) is 1.47. The van der Waals surface area contributed by atoms with Gasteiger partial charge in [0.2, 0.25) is 5.91 Å². The Morgan fingerprint density at radius 2 is 2.00 bits per heavy atom. The Balaban J connectivity index is 1.74. The van der Waals surface area contributed by atoms with Crippen LogP contribution in [-0.2, 0) is 4.79 Å². The minimum Gasteiger partial charge on any atom is -0.325 e. The fraction of sp³-hybridized carbons (Fsp3) is 0.118. The highest BCUT2D eigenvalue weighted by Gasteiger charge is 2.18. The van der Waals surface area contributed by atoms with Gasteiger partial charge in [-0.05, 0) is 19.1 Å². The van der Waals surface area contributed by atoms with Gasteiger partial charge in [0.15, 0.2) is 0 Å². The van der Waals surface area contributed by atoms with Gasteiger partial charge in [-0.1, -0.05) is 36.0 Å². The van der Waals surface area contributed by atoms with E-state index in [0.717, 1.165) is 10.9 Å². The topological polar surface area (TPSA) is 98.0 Å². The third-order valence-corrected chi connectivity index (χ3v) is 4.60. The van der Waals surface area contributed by atoms with Crippen molar-refractivity contribution in [2.45, 2.75) is 17.2 Å². The van der Waals surface area contributed by atoms with Crippen molar-refractivity contribution in [3.8, 4) is 0 Å². The molecular formula is C17H14N4O3S. The number of nitrogens with zero attached hydrogens (tertiary/aromatic N) is 3. The van der Waals surface area contributed by atoms with E-state index in [9.17, 15) is 14.9 Å². The van der Waals surface area contributed by atoms with Crippen LogP contribution in [0.3, 0.4) is 0 Å². The average molecular weight is 354 g/mol. The average Bonchev–Trinajstić information content (AvgIpc) is 2.62. The SMILES string of the molecule is C[C@H](Sc1ncnc2ccccc12)C(=O)Nc1cccc([N+](=O)[O-])c1. The lowest BCUT2D eigenvalue weighted by Gasteiger charge is -2.12. The molecule has 8 heteroatoms. The largest absolute Gasteiger partial charge is 0.325 e. The molecule has 1 N–H and O–H groups in total. The van der Waals surface area contributed by atoms with Gasteiger partial charge in [0, 0.05) is 23.2 Å². The number of anilines is 1. The van der Waals surface area contributed by atoms with Gasteiger partial charge >= 0.3 is 0 Å². The fourth-order valence-electron chi connectivity index (χ4n) is 2.24. The highest BCUT2D eigenvalue weighted by molar-refractivity contribution is 8.00. The van der Waals surface area contributed by atoms with Crippen LogP contribution in [0.1, 0.15) is 6.92 Å². The van der Waals surface area contributed by atoms with Crippen molar-refractivity contribution in [2.75, 3.05) is 5.32 Å². The quantitative estimate of drug-likeness (QED) is 0.325. The van der Waals surface area contributed by atoms with Gasteiger partial charge in [0.1, 0.15) is 11.4 Å². The molecule has 0 radical (unpaired) electrons. The standard InChI is InChI=1S/C17H14N4O3S/c1-11(16(22)20-12-5-4-6-13(9-12)21(23)24)25-17-14-7-2-3-8-15(14)18-10-19-17/h2-11H,1H3,(H,20,22)/t11-/m0/s1. The maximum absolute atomic E-state index is 12.4. The highest BCUT2D eigenvalue weighted by Crippen LogP contribution is 2.28. The van der Waals surface area contributed by atoms with Crippen LogP contribution in [0.5, 0.6) is 0 Å². The zero-order valence-electron chi connectivity index (χ0n) is 13.2. The Morgan fingerprint density at radius 1 is 1.20 bits per heavy atom. The van der Waals surface area contributed by atoms with Gasteiger partial charge in [-0.15, -0.1) is 0 Å². The van der Waals surface area contributed by atoms with Crippen LogP contribution >= 0.6 is 11.8 Å². The number of thioether (sulfide) groups is 1. The number of hydrogen-bond donors (Lipinski definition) is 1. The van der Waals surface area contributed by atoms with Gasteiger partial charge in [-0.25, -0.2) is 9.97 Å². The summed E-state index contributed by atoms with van der Waals surface area (Å²) >= 11 is 1.31. The number of nitro benzene ring substituents is 1. The molecule has 7 nitrogen and oxygen atoms in total. The predicted octanol–water partition coefficient (Wildman–Crippen LogP) is 3.66. The fourth-order valence-corrected chi connectivity index (χ4v) is 3.14. The third kappa shape index (κ3) is 3.92. The molecule has 0 aliphatic carbocycles. The third-order valence-electron chi connectivity index (χ3n) is 3.49. The molecule has 1 heterocycles. The summed E-state index contributed by atoms with van der Waals surface area (Å²) in [6, 6.07) is 13.4. The van der Waals surface area contributed by atoms with Crippen LogP contribution in [0, 0.1) is 10.1 Å². The summed E-state index contributed by atoms with van der Waals surface area (Å²) in [4.78, 5) is 31.2. The second-order valence-corrected chi connectivity index (χ2v) is 6.58. The molecule has 25 heavy (non-hydrogen) atoms. The number of carbonyl (C=O) groups is 1. The minimum atomic E-state index is -0.499. The van der Waals surface area contributed by atoms with Crippen LogP contribution in [0.4, 0.5) is 11.4 Å². The summed E-state index contributed by atoms with van der Waals surface area (Å²) in [7, 11) is 0. The van der Waals surface area contributed by atoms with Crippen LogP contribution < -0.4 is 5.32 Å². The number of para-hydroxylation sites is 1. The monoisotopic (exact) mass is 354 g/mol. The molecule has 0 fully saturated rings. The Labute approximate surface area is 147 Å². The van der Waals surface area contributed by atoms with E-state index in [4.69, 9.17) is 0 Å². The number of nitro groups is 1. The second-order valence-electron chi connectivity index (χ2n) is 5.25. The number of aromatic nitrogens is 2. The Morgan fingerprint density at radius 3 is 2.80 bits per heavy atom. The van der Waals surface area contributed by atoms with E-state index in [1.807, 2.05) is 24.3 Å². The number of amides is 1. The zero-order chi connectivity index (χ0) is 17.8. The second kappa shape index (κ2) is 7.27. The van der Waals surface area contributed by atoms with E-state index in [-0.39, 0.29) is 11.6 Å². The van der Waals surface area contributed by atoms with Gasteiger partial charge in [-0.2, -0.15) is 0 Å². The molecule has 0 aliphatic rings. The molecule has 3 aromatic rings. The molecule has 0 aliphatic heterocycles. The molecule has 0 spiro atoms. The van der Waals surface area contributed by atoms with Gasteiger partial charge in [0.25, 0.3) is 5.69 Å². The summed E-state index contributed by atoms with van der Waals surface area (Å²) < 4.78 is 0. The summed E-state index contributed by atoms with van der Waals surface area (Å²) in [5.41, 5.74) is 1.13. The lowest BCUT2D eigenvalue weighted by molar-refractivity contribution is -0.384. The highest BCUT2D eigenvalue weighted by atomic mass is 32.2. The molecule has 126 valence electrons. The predicted molar refractivity (Wildman–Crippen MR) is 96.6 cm³/mol. The van der Waals surface area contributed by atoms with Gasteiger partial charge < -0.3 is 5.32 Å². The normalized spacial score (nSPS) is 11.9. The van der Waals surface area contributed by atoms with E-state index >= 15 is 0 Å². The minimum absolute atomic E-state index is 0.0695. The van der Waals surface area contributed by atoms with E-state index in [1.54, 1.807) is 13.0 Å². The number of benzene rings is 2. The molecule has 3 rings (SSSR count). The summed E-state index contributed by atoms with van der Waals surface area (Å²) in [6.45, 7) is 1.76. The number of rotatable bonds is 5. The molecule has 1 atom stereocenters. The lowest BCUT2D eigenvalue weighted by Crippen LogP contribution is -2.22. The first-order chi connectivity index (χ1) is 12.0. The van der Waals surface area contributed by atoms with Crippen molar-refractivity contribution in [3.63, 3.8) is 0 Å². The van der Waals surface area contributed by atoms with Crippen molar-refractivity contribution in [3.05, 3.63) is 65.0 Å². The van der Waals surface area contributed by atoms with Crippen molar-refractivity contribution < 1.29 is 9.72 Å².